The molecule has 0 saturated heterocycles. The molecule has 1 aromatic rings. The molecule has 0 aliphatic carbocycles. The van der Waals surface area contributed by atoms with Crippen molar-refractivity contribution in [2.75, 3.05) is 0 Å². The van der Waals surface area contributed by atoms with Gasteiger partial charge in [-0.3, -0.25) is 0 Å². The summed E-state index contributed by atoms with van der Waals surface area (Å²) in [6.45, 7) is 6.36. The van der Waals surface area contributed by atoms with Gasteiger partial charge in [-0.25, -0.2) is 9.97 Å². The average Bonchev–Trinajstić information content (AvgIpc) is 2.20. The molecule has 0 bridgehead atoms. The lowest BCUT2D eigenvalue weighted by molar-refractivity contribution is 0.641. The van der Waals surface area contributed by atoms with E-state index in [4.69, 9.17) is 5.73 Å². The second-order valence-electron chi connectivity index (χ2n) is 3.91. The van der Waals surface area contributed by atoms with E-state index in [9.17, 15) is 0 Å². The number of hydrogen-bond acceptors (Lipinski definition) is 4. The van der Waals surface area contributed by atoms with Crippen LogP contribution in [0.2, 0.25) is 0 Å². The van der Waals surface area contributed by atoms with E-state index in [1.807, 2.05) is 12.4 Å². The van der Waals surface area contributed by atoms with E-state index in [-0.39, 0.29) is 6.04 Å². The number of hydrogen-bond donors (Lipinski definition) is 1. The predicted octanol–water partition coefficient (Wildman–Crippen LogP) is 2.26. The molecule has 1 unspecified atom stereocenters. The van der Waals surface area contributed by atoms with E-state index >= 15 is 0 Å². The first-order valence-electron chi connectivity index (χ1n) is 5.35. The fourth-order valence-electron chi connectivity index (χ4n) is 1.17. The van der Waals surface area contributed by atoms with E-state index in [2.05, 4.69) is 30.7 Å². The predicted molar refractivity (Wildman–Crippen MR) is 65.0 cm³/mol. The summed E-state index contributed by atoms with van der Waals surface area (Å²) in [4.78, 5) is 8.60. The lowest BCUT2D eigenvalue weighted by Crippen LogP contribution is -2.21. The van der Waals surface area contributed by atoms with Crippen LogP contribution in [0.3, 0.4) is 0 Å². The van der Waals surface area contributed by atoms with E-state index < -0.39 is 0 Å². The summed E-state index contributed by atoms with van der Waals surface area (Å²) in [5.74, 6) is 0. The van der Waals surface area contributed by atoms with Gasteiger partial charge in [0.1, 0.15) is 0 Å². The molecule has 4 heteroatoms. The van der Waals surface area contributed by atoms with E-state index in [0.717, 1.165) is 23.6 Å². The Kier molecular flexibility index (Phi) is 5.05. The fraction of sp³-hybridized carbons (Fsp3) is 0.636. The Morgan fingerprint density at radius 3 is 2.40 bits per heavy atom. The summed E-state index contributed by atoms with van der Waals surface area (Å²) in [6.07, 6.45) is 5.62. The Balaban J connectivity index is 2.56. The second kappa shape index (κ2) is 6.08. The highest BCUT2D eigenvalue weighted by molar-refractivity contribution is 7.99. The molecule has 0 aliphatic heterocycles. The largest absolute Gasteiger partial charge is 0.327 e. The van der Waals surface area contributed by atoms with E-state index in [1.54, 1.807) is 11.8 Å². The van der Waals surface area contributed by atoms with Crippen LogP contribution in [0, 0.1) is 0 Å². The van der Waals surface area contributed by atoms with Crippen molar-refractivity contribution in [3.05, 3.63) is 18.0 Å². The van der Waals surface area contributed by atoms with Crippen molar-refractivity contribution in [1.29, 1.82) is 0 Å². The van der Waals surface area contributed by atoms with Crippen LogP contribution in [0.4, 0.5) is 0 Å². The van der Waals surface area contributed by atoms with Crippen LogP contribution in [0.5, 0.6) is 0 Å². The Bertz CT molecular complexity index is 284. The third-order valence-corrected chi connectivity index (χ3v) is 2.94. The molecule has 84 valence electrons. The molecule has 0 aliphatic rings. The summed E-state index contributed by atoms with van der Waals surface area (Å²) in [6, 6.07) is 0.220. The molecule has 0 radical (unpaired) electrons. The fourth-order valence-corrected chi connectivity index (χ4v) is 1.82. The summed E-state index contributed by atoms with van der Waals surface area (Å²) < 4.78 is 0. The first kappa shape index (κ1) is 12.5. The first-order chi connectivity index (χ1) is 7.11. The zero-order valence-electron chi connectivity index (χ0n) is 9.60. The van der Waals surface area contributed by atoms with Crippen molar-refractivity contribution < 1.29 is 0 Å². The van der Waals surface area contributed by atoms with Crippen molar-refractivity contribution in [3.8, 4) is 0 Å². The van der Waals surface area contributed by atoms with Crippen molar-refractivity contribution >= 4 is 11.8 Å². The molecule has 0 fully saturated rings. The second-order valence-corrected chi connectivity index (χ2v) is 5.46. The zero-order chi connectivity index (χ0) is 11.3. The number of thioether (sulfide) groups is 1. The lowest BCUT2D eigenvalue weighted by atomic mass is 10.1. The molecule has 0 aromatic carbocycles. The van der Waals surface area contributed by atoms with Gasteiger partial charge in [0.25, 0.3) is 0 Å². The van der Waals surface area contributed by atoms with Crippen LogP contribution in [-0.2, 0) is 6.42 Å². The van der Waals surface area contributed by atoms with Crippen LogP contribution < -0.4 is 5.73 Å². The number of nitrogens with two attached hydrogens (primary N) is 1. The zero-order valence-corrected chi connectivity index (χ0v) is 10.4. The molecule has 1 heterocycles. The molecule has 0 amide bonds. The Morgan fingerprint density at radius 1 is 1.33 bits per heavy atom. The van der Waals surface area contributed by atoms with Crippen LogP contribution in [0.25, 0.3) is 0 Å². The number of nitrogens with zero attached hydrogens (tertiary/aromatic N) is 2. The van der Waals surface area contributed by atoms with Gasteiger partial charge in [0, 0.05) is 23.7 Å². The van der Waals surface area contributed by atoms with E-state index in [0.29, 0.717) is 5.25 Å². The molecule has 1 rings (SSSR count). The van der Waals surface area contributed by atoms with Crippen molar-refractivity contribution in [3.63, 3.8) is 0 Å². The monoisotopic (exact) mass is 225 g/mol. The van der Waals surface area contributed by atoms with Gasteiger partial charge in [-0.1, -0.05) is 32.5 Å². The molecule has 0 spiro atoms. The highest BCUT2D eigenvalue weighted by Gasteiger charge is 2.04. The summed E-state index contributed by atoms with van der Waals surface area (Å²) in [5.41, 5.74) is 6.99. The van der Waals surface area contributed by atoms with Crippen molar-refractivity contribution in [1.82, 2.24) is 9.97 Å². The minimum absolute atomic E-state index is 0.220. The standard InChI is InChI=1S/C11H19N3S/c1-4-10(12)5-9-6-13-11(14-7-9)15-8(2)3/h6-8,10H,4-5,12H2,1-3H3. The van der Waals surface area contributed by atoms with Gasteiger partial charge >= 0.3 is 0 Å². The quantitative estimate of drug-likeness (QED) is 0.617. The van der Waals surface area contributed by atoms with Crippen LogP contribution in [-0.4, -0.2) is 21.3 Å². The van der Waals surface area contributed by atoms with E-state index in [1.165, 1.54) is 0 Å². The lowest BCUT2D eigenvalue weighted by Gasteiger charge is -2.08. The smallest absolute Gasteiger partial charge is 0.187 e. The summed E-state index contributed by atoms with van der Waals surface area (Å²) in [7, 11) is 0. The van der Waals surface area contributed by atoms with Crippen LogP contribution in [0.15, 0.2) is 17.6 Å². The minimum Gasteiger partial charge on any atom is -0.327 e. The number of rotatable bonds is 5. The van der Waals surface area contributed by atoms with Gasteiger partial charge in [0.15, 0.2) is 5.16 Å². The van der Waals surface area contributed by atoms with Crippen molar-refractivity contribution in [2.45, 2.75) is 50.1 Å². The molecule has 15 heavy (non-hydrogen) atoms. The number of aromatic nitrogens is 2. The van der Waals surface area contributed by atoms with Crippen LogP contribution in [0.1, 0.15) is 32.8 Å². The Morgan fingerprint density at radius 2 is 1.93 bits per heavy atom. The highest BCUT2D eigenvalue weighted by Crippen LogP contribution is 2.17. The van der Waals surface area contributed by atoms with Gasteiger partial charge in [0.05, 0.1) is 0 Å². The van der Waals surface area contributed by atoms with Gasteiger partial charge in [0.2, 0.25) is 0 Å². The summed E-state index contributed by atoms with van der Waals surface area (Å²) >= 11 is 1.68. The molecule has 2 N–H and O–H groups in total. The third kappa shape index (κ3) is 4.62. The topological polar surface area (TPSA) is 51.8 Å². The molecular weight excluding hydrogens is 206 g/mol. The normalized spacial score (nSPS) is 13.1. The molecule has 1 atom stereocenters. The SMILES string of the molecule is CCC(N)Cc1cnc(SC(C)C)nc1. The maximum absolute atomic E-state index is 5.86. The van der Waals surface area contributed by atoms with Gasteiger partial charge in [-0.15, -0.1) is 0 Å². The Hall–Kier alpha value is -0.610. The maximum Gasteiger partial charge on any atom is 0.187 e. The summed E-state index contributed by atoms with van der Waals surface area (Å²) in [5, 5.41) is 1.37. The minimum atomic E-state index is 0.220. The first-order valence-corrected chi connectivity index (χ1v) is 6.23. The highest BCUT2D eigenvalue weighted by atomic mass is 32.2. The Labute approximate surface area is 95.9 Å². The van der Waals surface area contributed by atoms with Crippen molar-refractivity contribution in [2.24, 2.45) is 5.73 Å². The van der Waals surface area contributed by atoms with Gasteiger partial charge in [-0.05, 0) is 18.4 Å². The average molecular weight is 225 g/mol. The van der Waals surface area contributed by atoms with Crippen LogP contribution >= 0.6 is 11.8 Å². The molecule has 1 aromatic heterocycles. The maximum atomic E-state index is 5.86. The molecule has 3 nitrogen and oxygen atoms in total. The van der Waals surface area contributed by atoms with Gasteiger partial charge < -0.3 is 5.73 Å². The molecule has 0 saturated carbocycles. The third-order valence-electron chi connectivity index (χ3n) is 2.05. The molecular formula is C11H19N3S. The van der Waals surface area contributed by atoms with Gasteiger partial charge in [-0.2, -0.15) is 0 Å².